The van der Waals surface area contributed by atoms with Gasteiger partial charge in [-0.05, 0) is 34.1 Å². The van der Waals surface area contributed by atoms with Crippen LogP contribution in [0.25, 0.3) is 0 Å². The molecule has 0 spiro atoms. The minimum atomic E-state index is -0.624. The Balaban J connectivity index is 2.30. The highest BCUT2D eigenvalue weighted by Gasteiger charge is 2.29. The zero-order valence-electron chi connectivity index (χ0n) is 7.78. The van der Waals surface area contributed by atoms with Crippen molar-refractivity contribution in [1.29, 1.82) is 0 Å². The van der Waals surface area contributed by atoms with Crippen LogP contribution in [0.3, 0.4) is 0 Å². The Hall–Kier alpha value is -0.940. The third-order valence-corrected chi connectivity index (χ3v) is 2.93. The van der Waals surface area contributed by atoms with Gasteiger partial charge in [-0.2, -0.15) is 0 Å². The predicted octanol–water partition coefficient (Wildman–Crippen LogP) is 1.69. The van der Waals surface area contributed by atoms with Gasteiger partial charge in [-0.3, -0.25) is 4.79 Å². The fraction of sp³-hybridized carbons (Fsp3) is 0.300. The number of benzene rings is 1. The number of carbonyl (C=O) groups is 1. The summed E-state index contributed by atoms with van der Waals surface area (Å²) in [6.07, 6.45) is -0.490. The van der Waals surface area contributed by atoms with Crippen LogP contribution < -0.4 is 4.90 Å². The van der Waals surface area contributed by atoms with E-state index in [9.17, 15) is 14.3 Å². The molecule has 1 aliphatic rings. The molecule has 15 heavy (non-hydrogen) atoms. The highest BCUT2D eigenvalue weighted by molar-refractivity contribution is 9.10. The Bertz CT molecular complexity index is 410. The van der Waals surface area contributed by atoms with Gasteiger partial charge in [0.15, 0.2) is 0 Å². The summed E-state index contributed by atoms with van der Waals surface area (Å²) in [6, 6.07) is 4.35. The van der Waals surface area contributed by atoms with Crippen molar-refractivity contribution in [3.63, 3.8) is 0 Å². The normalized spacial score (nSPS) is 21.1. The van der Waals surface area contributed by atoms with E-state index < -0.39 is 6.10 Å². The molecule has 0 bridgehead atoms. The first-order valence-corrected chi connectivity index (χ1v) is 5.30. The third kappa shape index (κ3) is 2.03. The first kappa shape index (κ1) is 10.6. The van der Waals surface area contributed by atoms with Crippen molar-refractivity contribution >= 4 is 27.5 Å². The Labute approximate surface area is 94.6 Å². The van der Waals surface area contributed by atoms with Crippen LogP contribution in [0.2, 0.25) is 0 Å². The number of hydrogen-bond acceptors (Lipinski definition) is 2. The maximum atomic E-state index is 13.0. The minimum Gasteiger partial charge on any atom is -0.391 e. The van der Waals surface area contributed by atoms with E-state index in [-0.39, 0.29) is 24.7 Å². The van der Waals surface area contributed by atoms with Gasteiger partial charge in [0.2, 0.25) is 5.91 Å². The van der Waals surface area contributed by atoms with Gasteiger partial charge in [-0.25, -0.2) is 4.39 Å². The number of amides is 1. The SMILES string of the molecule is O=C1CC(O)CN1c1ccc(F)c(Br)c1. The second kappa shape index (κ2) is 3.90. The van der Waals surface area contributed by atoms with Crippen molar-refractivity contribution in [2.75, 3.05) is 11.4 Å². The largest absolute Gasteiger partial charge is 0.391 e. The highest BCUT2D eigenvalue weighted by Crippen LogP contribution is 2.26. The molecule has 3 nitrogen and oxygen atoms in total. The quantitative estimate of drug-likeness (QED) is 0.846. The second-order valence-corrected chi connectivity index (χ2v) is 4.32. The molecule has 1 N–H and O–H groups in total. The number of β-amino-alcohol motifs (C(OH)–C–C–N with tert-alkyl or cyclic N) is 1. The lowest BCUT2D eigenvalue weighted by Crippen LogP contribution is -2.25. The molecule has 0 aromatic heterocycles. The molecule has 1 fully saturated rings. The summed E-state index contributed by atoms with van der Waals surface area (Å²) in [4.78, 5) is 12.9. The number of aliphatic hydroxyl groups is 1. The molecule has 80 valence electrons. The molecule has 1 aromatic rings. The fourth-order valence-electron chi connectivity index (χ4n) is 1.59. The van der Waals surface area contributed by atoms with Gasteiger partial charge < -0.3 is 10.0 Å². The summed E-state index contributed by atoms with van der Waals surface area (Å²) in [7, 11) is 0. The fourth-order valence-corrected chi connectivity index (χ4v) is 1.96. The van der Waals surface area contributed by atoms with Gasteiger partial charge in [-0.1, -0.05) is 0 Å². The van der Waals surface area contributed by atoms with Crippen LogP contribution in [0, 0.1) is 5.82 Å². The van der Waals surface area contributed by atoms with Crippen LogP contribution in [-0.2, 0) is 4.79 Å². The maximum absolute atomic E-state index is 13.0. The van der Waals surface area contributed by atoms with Crippen LogP contribution in [0.5, 0.6) is 0 Å². The Morgan fingerprint density at radius 1 is 1.53 bits per heavy atom. The Kier molecular flexibility index (Phi) is 2.75. The summed E-state index contributed by atoms with van der Waals surface area (Å²) < 4.78 is 13.3. The van der Waals surface area contributed by atoms with Crippen LogP contribution in [0.1, 0.15) is 6.42 Å². The number of halogens is 2. The van der Waals surface area contributed by atoms with Gasteiger partial charge in [-0.15, -0.1) is 0 Å². The van der Waals surface area contributed by atoms with Crippen molar-refractivity contribution in [2.24, 2.45) is 0 Å². The third-order valence-electron chi connectivity index (χ3n) is 2.32. The van der Waals surface area contributed by atoms with Gasteiger partial charge >= 0.3 is 0 Å². The molecule has 0 aliphatic carbocycles. The van der Waals surface area contributed by atoms with Crippen LogP contribution in [0.15, 0.2) is 22.7 Å². The molecule has 5 heteroatoms. The van der Waals surface area contributed by atoms with Crippen LogP contribution in [-0.4, -0.2) is 23.7 Å². The van der Waals surface area contributed by atoms with E-state index in [1.54, 1.807) is 0 Å². The number of carbonyl (C=O) groups excluding carboxylic acids is 1. The molecule has 1 atom stereocenters. The number of aliphatic hydroxyl groups excluding tert-OH is 1. The van der Waals surface area contributed by atoms with Crippen LogP contribution >= 0.6 is 15.9 Å². The summed E-state index contributed by atoms with van der Waals surface area (Å²) in [6.45, 7) is 0.275. The summed E-state index contributed by atoms with van der Waals surface area (Å²) >= 11 is 3.05. The van der Waals surface area contributed by atoms with E-state index in [0.717, 1.165) is 0 Å². The lowest BCUT2D eigenvalue weighted by molar-refractivity contribution is -0.117. The van der Waals surface area contributed by atoms with Gasteiger partial charge in [0.25, 0.3) is 0 Å². The zero-order chi connectivity index (χ0) is 11.0. The van der Waals surface area contributed by atoms with Gasteiger partial charge in [0, 0.05) is 5.69 Å². The molecule has 1 amide bonds. The van der Waals surface area contributed by atoms with Gasteiger partial charge in [0.05, 0.1) is 23.5 Å². The number of anilines is 1. The zero-order valence-corrected chi connectivity index (χ0v) is 9.37. The minimum absolute atomic E-state index is 0.134. The molecule has 1 saturated heterocycles. The topological polar surface area (TPSA) is 40.5 Å². The Morgan fingerprint density at radius 2 is 2.27 bits per heavy atom. The van der Waals surface area contributed by atoms with Gasteiger partial charge in [0.1, 0.15) is 5.82 Å². The summed E-state index contributed by atoms with van der Waals surface area (Å²) in [5.41, 5.74) is 0.602. The van der Waals surface area contributed by atoms with Crippen molar-refractivity contribution in [3.05, 3.63) is 28.5 Å². The predicted molar refractivity (Wildman–Crippen MR) is 57.1 cm³/mol. The summed E-state index contributed by atoms with van der Waals surface area (Å²) in [5.74, 6) is -0.507. The lowest BCUT2D eigenvalue weighted by atomic mass is 10.3. The highest BCUT2D eigenvalue weighted by atomic mass is 79.9. The average molecular weight is 274 g/mol. The molecule has 1 aromatic carbocycles. The van der Waals surface area contributed by atoms with Crippen molar-refractivity contribution < 1.29 is 14.3 Å². The molecule has 1 aliphatic heterocycles. The molecule has 1 heterocycles. The molecular weight excluding hydrogens is 265 g/mol. The van der Waals surface area contributed by atoms with Crippen molar-refractivity contribution in [3.8, 4) is 0 Å². The first-order valence-electron chi connectivity index (χ1n) is 4.51. The number of rotatable bonds is 1. The van der Waals surface area contributed by atoms with E-state index >= 15 is 0 Å². The standard InChI is InChI=1S/C10H9BrFNO2/c11-8-3-6(1-2-9(8)12)13-5-7(14)4-10(13)15/h1-3,7,14H,4-5H2. The van der Waals surface area contributed by atoms with E-state index in [0.29, 0.717) is 10.2 Å². The van der Waals surface area contributed by atoms with E-state index in [1.807, 2.05) is 0 Å². The van der Waals surface area contributed by atoms with Crippen molar-refractivity contribution in [1.82, 2.24) is 0 Å². The second-order valence-electron chi connectivity index (χ2n) is 3.46. The first-order chi connectivity index (χ1) is 7.08. The van der Waals surface area contributed by atoms with E-state index in [4.69, 9.17) is 0 Å². The molecule has 0 saturated carbocycles. The van der Waals surface area contributed by atoms with E-state index in [1.165, 1.54) is 23.1 Å². The number of hydrogen-bond donors (Lipinski definition) is 1. The average Bonchev–Trinajstić information content (AvgIpc) is 2.50. The van der Waals surface area contributed by atoms with E-state index in [2.05, 4.69) is 15.9 Å². The Morgan fingerprint density at radius 3 is 2.80 bits per heavy atom. The molecule has 0 radical (unpaired) electrons. The summed E-state index contributed by atoms with van der Waals surface area (Å²) in [5, 5.41) is 9.31. The maximum Gasteiger partial charge on any atom is 0.229 e. The number of nitrogens with zero attached hydrogens (tertiary/aromatic N) is 1. The molecular formula is C10H9BrFNO2. The van der Waals surface area contributed by atoms with Crippen LogP contribution in [0.4, 0.5) is 10.1 Å². The smallest absolute Gasteiger partial charge is 0.229 e. The molecule has 2 rings (SSSR count). The van der Waals surface area contributed by atoms with Crippen molar-refractivity contribution in [2.45, 2.75) is 12.5 Å². The lowest BCUT2D eigenvalue weighted by Gasteiger charge is -2.16. The monoisotopic (exact) mass is 273 g/mol. The molecule has 1 unspecified atom stereocenters.